The molecule has 168 valence electrons. The van der Waals surface area contributed by atoms with Crippen molar-refractivity contribution in [3.8, 4) is 17.2 Å². The van der Waals surface area contributed by atoms with Crippen LogP contribution in [-0.4, -0.2) is 24.1 Å². The first-order valence-corrected chi connectivity index (χ1v) is 10.7. The molecule has 1 aromatic heterocycles. The standard InChI is InChI=1S/C24H24Cl2N2O4/c1-15(28-24(29)16(2)32-21-7-5-19(25)13-20(21)26)18-4-6-22(23(12-18)30-3)31-14-17-8-10-27-11-9-17/h4-13,15-16H,14H2,1-3H3,(H,28,29). The topological polar surface area (TPSA) is 69.7 Å². The molecule has 0 aliphatic rings. The number of nitrogens with zero attached hydrogens (tertiary/aromatic N) is 1. The summed E-state index contributed by atoms with van der Waals surface area (Å²) in [6.45, 7) is 3.93. The van der Waals surface area contributed by atoms with Crippen molar-refractivity contribution in [3.63, 3.8) is 0 Å². The van der Waals surface area contributed by atoms with E-state index in [1.54, 1.807) is 44.6 Å². The smallest absolute Gasteiger partial charge is 0.261 e. The van der Waals surface area contributed by atoms with Crippen LogP contribution in [0.15, 0.2) is 60.9 Å². The Morgan fingerprint density at radius 2 is 1.72 bits per heavy atom. The van der Waals surface area contributed by atoms with E-state index >= 15 is 0 Å². The molecular weight excluding hydrogens is 451 g/mol. The zero-order chi connectivity index (χ0) is 23.1. The van der Waals surface area contributed by atoms with Crippen LogP contribution in [0.2, 0.25) is 10.0 Å². The van der Waals surface area contributed by atoms with Crippen molar-refractivity contribution in [1.82, 2.24) is 10.3 Å². The molecule has 3 rings (SSSR count). The van der Waals surface area contributed by atoms with Crippen LogP contribution >= 0.6 is 23.2 Å². The molecule has 2 aromatic carbocycles. The fraction of sp³-hybridized carbons (Fsp3) is 0.250. The molecule has 1 heterocycles. The number of rotatable bonds is 9. The van der Waals surface area contributed by atoms with E-state index in [0.29, 0.717) is 33.9 Å². The molecule has 8 heteroatoms. The first-order chi connectivity index (χ1) is 15.4. The number of amides is 1. The summed E-state index contributed by atoms with van der Waals surface area (Å²) in [6.07, 6.45) is 2.69. The van der Waals surface area contributed by atoms with Gasteiger partial charge in [0.2, 0.25) is 0 Å². The van der Waals surface area contributed by atoms with Gasteiger partial charge in [0.15, 0.2) is 17.6 Å². The lowest BCUT2D eigenvalue weighted by atomic mass is 10.1. The summed E-state index contributed by atoms with van der Waals surface area (Å²) in [7, 11) is 1.58. The summed E-state index contributed by atoms with van der Waals surface area (Å²) in [5, 5.41) is 3.78. The highest BCUT2D eigenvalue weighted by Gasteiger charge is 2.20. The number of methoxy groups -OCH3 is 1. The second-order valence-electron chi connectivity index (χ2n) is 7.12. The maximum Gasteiger partial charge on any atom is 0.261 e. The number of ether oxygens (including phenoxy) is 3. The van der Waals surface area contributed by atoms with Gasteiger partial charge < -0.3 is 19.5 Å². The molecule has 6 nitrogen and oxygen atoms in total. The quantitative estimate of drug-likeness (QED) is 0.435. The van der Waals surface area contributed by atoms with E-state index < -0.39 is 6.10 Å². The molecule has 2 atom stereocenters. The highest BCUT2D eigenvalue weighted by atomic mass is 35.5. The summed E-state index contributed by atoms with van der Waals surface area (Å²) < 4.78 is 17.0. The molecule has 0 saturated heterocycles. The van der Waals surface area contributed by atoms with E-state index in [2.05, 4.69) is 10.3 Å². The van der Waals surface area contributed by atoms with Crippen molar-refractivity contribution < 1.29 is 19.0 Å². The van der Waals surface area contributed by atoms with Crippen molar-refractivity contribution in [1.29, 1.82) is 0 Å². The molecule has 2 unspecified atom stereocenters. The van der Waals surface area contributed by atoms with Crippen LogP contribution in [0.1, 0.15) is 31.0 Å². The van der Waals surface area contributed by atoms with Gasteiger partial charge in [-0.2, -0.15) is 0 Å². The van der Waals surface area contributed by atoms with E-state index in [1.165, 1.54) is 0 Å². The summed E-state index contributed by atoms with van der Waals surface area (Å²) in [6, 6.07) is 13.9. The van der Waals surface area contributed by atoms with Crippen LogP contribution < -0.4 is 19.5 Å². The van der Waals surface area contributed by atoms with Gasteiger partial charge in [0.05, 0.1) is 18.2 Å². The second kappa shape index (κ2) is 11.1. The van der Waals surface area contributed by atoms with Crippen LogP contribution in [0.3, 0.4) is 0 Å². The lowest BCUT2D eigenvalue weighted by Gasteiger charge is -2.20. The van der Waals surface area contributed by atoms with Gasteiger partial charge in [-0.1, -0.05) is 29.3 Å². The van der Waals surface area contributed by atoms with Gasteiger partial charge in [-0.05, 0) is 67.4 Å². The van der Waals surface area contributed by atoms with Gasteiger partial charge in [0.25, 0.3) is 5.91 Å². The Morgan fingerprint density at radius 3 is 2.41 bits per heavy atom. The van der Waals surface area contributed by atoms with Gasteiger partial charge in [-0.15, -0.1) is 0 Å². The van der Waals surface area contributed by atoms with Gasteiger partial charge >= 0.3 is 0 Å². The predicted octanol–water partition coefficient (Wildman–Crippen LogP) is 5.62. The third-order valence-electron chi connectivity index (χ3n) is 4.76. The first kappa shape index (κ1) is 23.7. The number of aromatic nitrogens is 1. The maximum absolute atomic E-state index is 12.6. The average Bonchev–Trinajstić information content (AvgIpc) is 2.79. The lowest BCUT2D eigenvalue weighted by Crippen LogP contribution is -2.37. The Labute approximate surface area is 197 Å². The number of hydrogen-bond acceptors (Lipinski definition) is 5. The number of carbonyl (C=O) groups is 1. The molecule has 32 heavy (non-hydrogen) atoms. The molecule has 0 radical (unpaired) electrons. The lowest BCUT2D eigenvalue weighted by molar-refractivity contribution is -0.127. The van der Waals surface area contributed by atoms with Crippen molar-refractivity contribution in [2.45, 2.75) is 32.6 Å². The zero-order valence-electron chi connectivity index (χ0n) is 18.0. The Bertz CT molecular complexity index is 1060. The minimum Gasteiger partial charge on any atom is -0.493 e. The molecule has 1 N–H and O–H groups in total. The Balaban J connectivity index is 1.62. The highest BCUT2D eigenvalue weighted by molar-refractivity contribution is 6.35. The van der Waals surface area contributed by atoms with Crippen molar-refractivity contribution in [2.24, 2.45) is 0 Å². The monoisotopic (exact) mass is 474 g/mol. The molecular formula is C24H24Cl2N2O4. The van der Waals surface area contributed by atoms with Gasteiger partial charge in [-0.25, -0.2) is 0 Å². The molecule has 0 aliphatic heterocycles. The summed E-state index contributed by atoms with van der Waals surface area (Å²) in [4.78, 5) is 16.6. The first-order valence-electron chi connectivity index (χ1n) is 9.99. The van der Waals surface area contributed by atoms with E-state index in [-0.39, 0.29) is 11.9 Å². The molecule has 0 fully saturated rings. The molecule has 0 spiro atoms. The number of carbonyl (C=O) groups excluding carboxylic acids is 1. The molecule has 1 amide bonds. The van der Waals surface area contributed by atoms with Crippen molar-refractivity contribution >= 4 is 29.1 Å². The molecule has 0 aliphatic carbocycles. The maximum atomic E-state index is 12.6. The molecule has 3 aromatic rings. The fourth-order valence-electron chi connectivity index (χ4n) is 2.94. The normalized spacial score (nSPS) is 12.5. The van der Waals surface area contributed by atoms with Crippen LogP contribution in [0, 0.1) is 0 Å². The number of nitrogens with one attached hydrogen (secondary N) is 1. The average molecular weight is 475 g/mol. The SMILES string of the molecule is COc1cc(C(C)NC(=O)C(C)Oc2ccc(Cl)cc2Cl)ccc1OCc1ccncc1. The van der Waals surface area contributed by atoms with E-state index in [9.17, 15) is 4.79 Å². The minimum absolute atomic E-state index is 0.277. The summed E-state index contributed by atoms with van der Waals surface area (Å²) in [5.74, 6) is 1.31. The van der Waals surface area contributed by atoms with Crippen molar-refractivity contribution in [2.75, 3.05) is 7.11 Å². The van der Waals surface area contributed by atoms with Crippen LogP contribution in [0.4, 0.5) is 0 Å². The van der Waals surface area contributed by atoms with Crippen LogP contribution in [-0.2, 0) is 11.4 Å². The summed E-state index contributed by atoms with van der Waals surface area (Å²) >= 11 is 12.0. The van der Waals surface area contributed by atoms with E-state index in [4.69, 9.17) is 37.4 Å². The number of halogens is 2. The number of pyridine rings is 1. The van der Waals surface area contributed by atoms with E-state index in [1.807, 2.05) is 37.3 Å². The number of hydrogen-bond donors (Lipinski definition) is 1. The highest BCUT2D eigenvalue weighted by Crippen LogP contribution is 2.31. The third-order valence-corrected chi connectivity index (χ3v) is 5.29. The largest absolute Gasteiger partial charge is 0.493 e. The van der Waals surface area contributed by atoms with Crippen LogP contribution in [0.5, 0.6) is 17.2 Å². The Hall–Kier alpha value is -2.96. The Kier molecular flexibility index (Phi) is 8.20. The van der Waals surface area contributed by atoms with Gasteiger partial charge in [0.1, 0.15) is 12.4 Å². The van der Waals surface area contributed by atoms with Crippen molar-refractivity contribution in [3.05, 3.63) is 82.1 Å². The Morgan fingerprint density at radius 1 is 1.00 bits per heavy atom. The van der Waals surface area contributed by atoms with Gasteiger partial charge in [-0.3, -0.25) is 9.78 Å². The predicted molar refractivity (Wildman–Crippen MR) is 125 cm³/mol. The second-order valence-corrected chi connectivity index (χ2v) is 7.96. The summed E-state index contributed by atoms with van der Waals surface area (Å²) in [5.41, 5.74) is 1.87. The molecule has 0 bridgehead atoms. The van der Waals surface area contributed by atoms with Gasteiger partial charge in [0, 0.05) is 17.4 Å². The van der Waals surface area contributed by atoms with Crippen LogP contribution in [0.25, 0.3) is 0 Å². The molecule has 0 saturated carbocycles. The fourth-order valence-corrected chi connectivity index (χ4v) is 3.39. The minimum atomic E-state index is -0.749. The zero-order valence-corrected chi connectivity index (χ0v) is 19.5. The van der Waals surface area contributed by atoms with E-state index in [0.717, 1.165) is 11.1 Å². The third kappa shape index (κ3) is 6.28. The number of benzene rings is 2.